The van der Waals surface area contributed by atoms with Crippen molar-refractivity contribution in [3.8, 4) is 17.2 Å². The van der Waals surface area contributed by atoms with E-state index in [1.54, 1.807) is 42.5 Å². The fourth-order valence-corrected chi connectivity index (χ4v) is 2.31. The molecule has 1 atom stereocenters. The second-order valence-corrected chi connectivity index (χ2v) is 5.87. The number of esters is 1. The summed E-state index contributed by atoms with van der Waals surface area (Å²) >= 11 is 5.84. The first-order valence-electron chi connectivity index (χ1n) is 8.03. The Kier molecular flexibility index (Phi) is 7.31. The van der Waals surface area contributed by atoms with Gasteiger partial charge in [-0.05, 0) is 37.3 Å². The zero-order chi connectivity index (χ0) is 19.8. The van der Waals surface area contributed by atoms with Crippen LogP contribution in [0.1, 0.15) is 6.92 Å². The summed E-state index contributed by atoms with van der Waals surface area (Å²) in [6, 6.07) is 11.6. The molecule has 0 bridgehead atoms. The molecule has 0 aliphatic rings. The number of anilines is 1. The molecule has 0 radical (unpaired) electrons. The zero-order valence-corrected chi connectivity index (χ0v) is 15.9. The van der Waals surface area contributed by atoms with Crippen LogP contribution < -0.4 is 19.5 Å². The van der Waals surface area contributed by atoms with Crippen molar-refractivity contribution in [2.45, 2.75) is 13.0 Å². The van der Waals surface area contributed by atoms with Gasteiger partial charge in [-0.25, -0.2) is 4.79 Å². The molecule has 0 fully saturated rings. The summed E-state index contributed by atoms with van der Waals surface area (Å²) in [6.45, 7) is 1.11. The van der Waals surface area contributed by atoms with Gasteiger partial charge < -0.3 is 24.3 Å². The molecule has 2 rings (SSSR count). The highest BCUT2D eigenvalue weighted by molar-refractivity contribution is 6.30. The summed E-state index contributed by atoms with van der Waals surface area (Å²) in [5.74, 6) is 0.225. The number of amides is 1. The van der Waals surface area contributed by atoms with Crippen LogP contribution in [0.5, 0.6) is 17.2 Å². The van der Waals surface area contributed by atoms with Gasteiger partial charge >= 0.3 is 5.97 Å². The van der Waals surface area contributed by atoms with Crippen molar-refractivity contribution in [3.63, 3.8) is 0 Å². The number of carbonyl (C=O) groups is 2. The maximum absolute atomic E-state index is 12.3. The van der Waals surface area contributed by atoms with Crippen molar-refractivity contribution in [3.05, 3.63) is 47.5 Å². The Bertz CT molecular complexity index is 811. The van der Waals surface area contributed by atoms with Gasteiger partial charge in [-0.2, -0.15) is 0 Å². The second-order valence-electron chi connectivity index (χ2n) is 5.43. The van der Waals surface area contributed by atoms with Crippen molar-refractivity contribution < 1.29 is 28.5 Å². The maximum atomic E-state index is 12.3. The van der Waals surface area contributed by atoms with Crippen molar-refractivity contribution in [2.75, 3.05) is 26.1 Å². The van der Waals surface area contributed by atoms with Gasteiger partial charge in [0.15, 0.2) is 12.7 Å². The van der Waals surface area contributed by atoms with Crippen molar-refractivity contribution in [2.24, 2.45) is 0 Å². The molecule has 0 spiro atoms. The Morgan fingerprint density at radius 3 is 2.52 bits per heavy atom. The number of ether oxygens (including phenoxy) is 4. The van der Waals surface area contributed by atoms with Gasteiger partial charge in [0.1, 0.15) is 17.2 Å². The van der Waals surface area contributed by atoms with E-state index in [1.165, 1.54) is 21.1 Å². The Morgan fingerprint density at radius 2 is 1.85 bits per heavy atom. The van der Waals surface area contributed by atoms with E-state index < -0.39 is 18.0 Å². The molecule has 0 aromatic heterocycles. The lowest BCUT2D eigenvalue weighted by Crippen LogP contribution is -2.31. The Hall–Kier alpha value is -2.93. The van der Waals surface area contributed by atoms with E-state index in [0.29, 0.717) is 28.0 Å². The lowest BCUT2D eigenvalue weighted by molar-refractivity contribution is -0.155. The van der Waals surface area contributed by atoms with Gasteiger partial charge in [0.25, 0.3) is 5.91 Å². The first-order valence-corrected chi connectivity index (χ1v) is 8.41. The molecule has 0 aliphatic carbocycles. The minimum atomic E-state index is -1.03. The fourth-order valence-electron chi connectivity index (χ4n) is 2.13. The molecule has 0 heterocycles. The summed E-state index contributed by atoms with van der Waals surface area (Å²) in [6.07, 6.45) is -1.03. The highest BCUT2D eigenvalue weighted by Crippen LogP contribution is 2.29. The largest absolute Gasteiger partial charge is 0.497 e. The van der Waals surface area contributed by atoms with Gasteiger partial charge in [0.05, 0.1) is 19.9 Å². The number of halogens is 1. The third kappa shape index (κ3) is 6.07. The van der Waals surface area contributed by atoms with Gasteiger partial charge in [-0.3, -0.25) is 4.79 Å². The SMILES string of the molecule is COc1ccc(OC)c(NC(=O)C(C)OC(=O)COc2cccc(Cl)c2)c1. The number of carbonyl (C=O) groups excluding carboxylic acids is 2. The molecule has 1 unspecified atom stereocenters. The van der Waals surface area contributed by atoms with Crippen LogP contribution in [-0.4, -0.2) is 38.8 Å². The normalized spacial score (nSPS) is 11.3. The topological polar surface area (TPSA) is 83.1 Å². The average Bonchev–Trinajstić information content (AvgIpc) is 2.66. The first-order chi connectivity index (χ1) is 12.9. The molecule has 2 aromatic carbocycles. The Balaban J connectivity index is 1.90. The summed E-state index contributed by atoms with van der Waals surface area (Å²) in [7, 11) is 2.99. The molecule has 7 nitrogen and oxygen atoms in total. The molecule has 27 heavy (non-hydrogen) atoms. The van der Waals surface area contributed by atoms with Crippen LogP contribution in [0.4, 0.5) is 5.69 Å². The lowest BCUT2D eigenvalue weighted by Gasteiger charge is -2.16. The van der Waals surface area contributed by atoms with E-state index in [9.17, 15) is 9.59 Å². The minimum Gasteiger partial charge on any atom is -0.497 e. The third-order valence-corrected chi connectivity index (χ3v) is 3.73. The van der Waals surface area contributed by atoms with E-state index in [2.05, 4.69) is 5.32 Å². The number of rotatable bonds is 8. The molecule has 144 valence electrons. The fraction of sp³-hybridized carbons (Fsp3) is 0.263. The average molecular weight is 394 g/mol. The molecule has 0 saturated carbocycles. The number of hydrogen-bond acceptors (Lipinski definition) is 6. The number of nitrogens with one attached hydrogen (secondary N) is 1. The predicted molar refractivity (Wildman–Crippen MR) is 101 cm³/mol. The highest BCUT2D eigenvalue weighted by atomic mass is 35.5. The zero-order valence-electron chi connectivity index (χ0n) is 15.2. The van der Waals surface area contributed by atoms with Crippen LogP contribution in [0.2, 0.25) is 5.02 Å². The molecule has 8 heteroatoms. The summed E-state index contributed by atoms with van der Waals surface area (Å²) in [5.41, 5.74) is 0.403. The van der Waals surface area contributed by atoms with Crippen LogP contribution in [0.25, 0.3) is 0 Å². The smallest absolute Gasteiger partial charge is 0.344 e. The highest BCUT2D eigenvalue weighted by Gasteiger charge is 2.20. The van der Waals surface area contributed by atoms with Crippen LogP contribution in [0.3, 0.4) is 0 Å². The Labute approximate surface area is 162 Å². The van der Waals surface area contributed by atoms with Crippen molar-refractivity contribution in [1.82, 2.24) is 0 Å². The molecule has 1 amide bonds. The summed E-state index contributed by atoms with van der Waals surface area (Å²) < 4.78 is 20.7. The van der Waals surface area contributed by atoms with E-state index in [4.69, 9.17) is 30.5 Å². The third-order valence-electron chi connectivity index (χ3n) is 3.49. The summed E-state index contributed by atoms with van der Waals surface area (Å²) in [5, 5.41) is 3.13. The monoisotopic (exact) mass is 393 g/mol. The van der Waals surface area contributed by atoms with Crippen LogP contribution >= 0.6 is 11.6 Å². The van der Waals surface area contributed by atoms with Crippen LogP contribution in [0.15, 0.2) is 42.5 Å². The number of benzene rings is 2. The van der Waals surface area contributed by atoms with E-state index >= 15 is 0 Å². The molecule has 1 N–H and O–H groups in total. The van der Waals surface area contributed by atoms with Gasteiger partial charge in [0.2, 0.25) is 0 Å². The summed E-state index contributed by atoms with van der Waals surface area (Å²) in [4.78, 5) is 24.2. The van der Waals surface area contributed by atoms with Gasteiger partial charge in [-0.15, -0.1) is 0 Å². The van der Waals surface area contributed by atoms with Gasteiger partial charge in [-0.1, -0.05) is 17.7 Å². The second kappa shape index (κ2) is 9.68. The van der Waals surface area contributed by atoms with E-state index in [-0.39, 0.29) is 6.61 Å². The molecular formula is C19H20ClNO6. The quantitative estimate of drug-likeness (QED) is 0.693. The number of hydrogen-bond donors (Lipinski definition) is 1. The standard InChI is InChI=1S/C19H20ClNO6/c1-12(27-18(22)11-26-15-6-4-5-13(20)9-15)19(23)21-16-10-14(24-2)7-8-17(16)25-3/h4-10,12H,11H2,1-3H3,(H,21,23). The maximum Gasteiger partial charge on any atom is 0.344 e. The lowest BCUT2D eigenvalue weighted by atomic mass is 10.2. The molecule has 2 aromatic rings. The van der Waals surface area contributed by atoms with E-state index in [1.807, 2.05) is 0 Å². The van der Waals surface area contributed by atoms with Crippen LogP contribution in [0, 0.1) is 0 Å². The van der Waals surface area contributed by atoms with Crippen molar-refractivity contribution >= 4 is 29.2 Å². The van der Waals surface area contributed by atoms with Crippen LogP contribution in [-0.2, 0) is 14.3 Å². The van der Waals surface area contributed by atoms with Crippen molar-refractivity contribution in [1.29, 1.82) is 0 Å². The minimum absolute atomic E-state index is 0.347. The predicted octanol–water partition coefficient (Wildman–Crippen LogP) is 3.31. The Morgan fingerprint density at radius 1 is 1.07 bits per heavy atom. The first kappa shape index (κ1) is 20.4. The van der Waals surface area contributed by atoms with E-state index in [0.717, 1.165) is 0 Å². The molecule has 0 aliphatic heterocycles. The molecular weight excluding hydrogens is 374 g/mol. The molecule has 0 saturated heterocycles. The number of methoxy groups -OCH3 is 2. The van der Waals surface area contributed by atoms with Gasteiger partial charge in [0, 0.05) is 11.1 Å².